The molecule has 0 fully saturated rings. The molecule has 0 bridgehead atoms. The second kappa shape index (κ2) is 5.74. The molecule has 2 heterocycles. The first kappa shape index (κ1) is 13.9. The first-order chi connectivity index (χ1) is 10.2. The van der Waals surface area contributed by atoms with E-state index in [0.29, 0.717) is 17.0 Å². The molecule has 0 radical (unpaired) electrons. The van der Waals surface area contributed by atoms with Gasteiger partial charge in [-0.3, -0.25) is 4.79 Å². The second-order valence-electron chi connectivity index (χ2n) is 4.37. The largest absolute Gasteiger partial charge is 0.318 e. The van der Waals surface area contributed by atoms with Crippen molar-refractivity contribution in [2.45, 2.75) is 13.3 Å². The summed E-state index contributed by atoms with van der Waals surface area (Å²) >= 11 is 2.62. The molecule has 0 unspecified atom stereocenters. The van der Waals surface area contributed by atoms with E-state index in [1.807, 2.05) is 42.8 Å². The number of nitrogens with zero attached hydrogens (tertiary/aromatic N) is 4. The smallest absolute Gasteiger partial charge is 0.285 e. The first-order valence-corrected chi connectivity index (χ1v) is 7.99. The summed E-state index contributed by atoms with van der Waals surface area (Å²) in [5, 5.41) is 8.13. The molecule has 0 saturated carbocycles. The van der Waals surface area contributed by atoms with Crippen LogP contribution in [0.25, 0.3) is 10.2 Å². The monoisotopic (exact) mass is 319 g/mol. The van der Waals surface area contributed by atoms with Crippen LogP contribution in [0.3, 0.4) is 0 Å². The molecule has 6 nitrogen and oxygen atoms in total. The maximum atomic E-state index is 12.1. The Hall–Kier alpha value is -2.06. The van der Waals surface area contributed by atoms with Crippen LogP contribution in [0, 0.1) is 0 Å². The summed E-state index contributed by atoms with van der Waals surface area (Å²) in [6, 6.07) is 8.02. The summed E-state index contributed by atoms with van der Waals surface area (Å²) in [5.41, 5.74) is 4.37. The molecule has 0 saturated heterocycles. The molecule has 8 heteroatoms. The first-order valence-electron chi connectivity index (χ1n) is 6.40. The quantitative estimate of drug-likeness (QED) is 0.749. The zero-order valence-electron chi connectivity index (χ0n) is 11.5. The van der Waals surface area contributed by atoms with Crippen LogP contribution in [-0.2, 0) is 13.5 Å². The Morgan fingerprint density at radius 3 is 3.00 bits per heavy atom. The Morgan fingerprint density at radius 2 is 2.24 bits per heavy atom. The minimum absolute atomic E-state index is 0.265. The van der Waals surface area contributed by atoms with Crippen LogP contribution in [0.4, 0.5) is 0 Å². The van der Waals surface area contributed by atoms with Crippen LogP contribution in [0.1, 0.15) is 22.3 Å². The van der Waals surface area contributed by atoms with Crippen LogP contribution < -0.4 is 10.2 Å². The molecule has 3 aromatic rings. The number of hydrogen-bond acceptors (Lipinski definition) is 6. The lowest BCUT2D eigenvalue weighted by Crippen LogP contribution is -2.23. The van der Waals surface area contributed by atoms with Crippen LogP contribution >= 0.6 is 22.9 Å². The number of rotatable bonds is 3. The lowest BCUT2D eigenvalue weighted by atomic mass is 10.3. The number of fused-ring (bicyclic) bond motifs is 1. The molecule has 21 heavy (non-hydrogen) atoms. The van der Waals surface area contributed by atoms with Crippen molar-refractivity contribution < 1.29 is 4.79 Å². The standard InChI is InChI=1S/C13H13N5OS2/c1-3-8-11(21-17-14-8)12(19)15-16-13-18(2)9-6-4-5-7-10(9)20-13/h4-7H,3H2,1-2H3,(H,15,19)/b16-13-. The predicted molar refractivity (Wildman–Crippen MR) is 83.1 cm³/mol. The summed E-state index contributed by atoms with van der Waals surface area (Å²) < 4.78 is 6.88. The molecule has 0 aliphatic carbocycles. The minimum atomic E-state index is -0.265. The third-order valence-corrected chi connectivity index (χ3v) is 4.94. The van der Waals surface area contributed by atoms with Gasteiger partial charge in [0.1, 0.15) is 4.88 Å². The Morgan fingerprint density at radius 1 is 1.43 bits per heavy atom. The molecule has 0 atom stereocenters. The molecule has 0 aliphatic heterocycles. The van der Waals surface area contributed by atoms with Gasteiger partial charge in [0.2, 0.25) is 4.80 Å². The van der Waals surface area contributed by atoms with Crippen molar-refractivity contribution >= 4 is 39.0 Å². The molecule has 108 valence electrons. The van der Waals surface area contributed by atoms with Gasteiger partial charge in [0, 0.05) is 7.05 Å². The maximum Gasteiger partial charge on any atom is 0.285 e. The van der Waals surface area contributed by atoms with Crippen LogP contribution in [0.5, 0.6) is 0 Å². The third-order valence-electron chi connectivity index (χ3n) is 3.06. The van der Waals surface area contributed by atoms with Crippen molar-refractivity contribution in [2.24, 2.45) is 12.1 Å². The van der Waals surface area contributed by atoms with E-state index >= 15 is 0 Å². The van der Waals surface area contributed by atoms with E-state index in [-0.39, 0.29) is 5.91 Å². The SMILES string of the molecule is CCc1nnsc1C(=O)N/N=c1\sc2ccccc2n1C. The predicted octanol–water partition coefficient (Wildman–Crippen LogP) is 1.90. The number of carbonyl (C=O) groups excluding carboxylic acids is 1. The van der Waals surface area contributed by atoms with E-state index in [4.69, 9.17) is 0 Å². The average molecular weight is 319 g/mol. The van der Waals surface area contributed by atoms with E-state index in [0.717, 1.165) is 26.6 Å². The van der Waals surface area contributed by atoms with Gasteiger partial charge in [-0.25, -0.2) is 5.43 Å². The zero-order valence-corrected chi connectivity index (χ0v) is 13.2. The highest BCUT2D eigenvalue weighted by molar-refractivity contribution is 7.16. The van der Waals surface area contributed by atoms with Crippen molar-refractivity contribution in [3.05, 3.63) is 39.6 Å². The summed E-state index contributed by atoms with van der Waals surface area (Å²) in [5.74, 6) is -0.265. The van der Waals surface area contributed by atoms with E-state index in [1.54, 1.807) is 0 Å². The zero-order chi connectivity index (χ0) is 14.8. The van der Waals surface area contributed by atoms with Crippen molar-refractivity contribution in [1.82, 2.24) is 19.6 Å². The highest BCUT2D eigenvalue weighted by Crippen LogP contribution is 2.15. The minimum Gasteiger partial charge on any atom is -0.318 e. The Bertz CT molecular complexity index is 861. The lowest BCUT2D eigenvalue weighted by Gasteiger charge is -1.97. The highest BCUT2D eigenvalue weighted by atomic mass is 32.1. The topological polar surface area (TPSA) is 72.2 Å². The fourth-order valence-corrected chi connectivity index (χ4v) is 3.57. The number of benzene rings is 1. The maximum absolute atomic E-state index is 12.1. The molecule has 1 N–H and O–H groups in total. The van der Waals surface area contributed by atoms with Crippen molar-refractivity contribution in [1.29, 1.82) is 0 Å². The van der Waals surface area contributed by atoms with Crippen LogP contribution in [0.2, 0.25) is 0 Å². The Kier molecular flexibility index (Phi) is 3.80. The molecule has 1 amide bonds. The van der Waals surface area contributed by atoms with Crippen molar-refractivity contribution in [3.63, 3.8) is 0 Å². The van der Waals surface area contributed by atoms with E-state index in [2.05, 4.69) is 20.1 Å². The van der Waals surface area contributed by atoms with Gasteiger partial charge >= 0.3 is 0 Å². The van der Waals surface area contributed by atoms with Gasteiger partial charge in [0.05, 0.1) is 15.9 Å². The average Bonchev–Trinajstić information content (AvgIpc) is 3.10. The molecule has 0 aliphatic rings. The Labute approximate surface area is 128 Å². The fourth-order valence-electron chi connectivity index (χ4n) is 1.95. The summed E-state index contributed by atoms with van der Waals surface area (Å²) in [7, 11) is 1.93. The molecular weight excluding hydrogens is 306 g/mol. The Balaban J connectivity index is 1.91. The normalized spacial score (nSPS) is 12.0. The van der Waals surface area contributed by atoms with Crippen LogP contribution in [-0.4, -0.2) is 20.1 Å². The number of hydrogen-bond donors (Lipinski definition) is 1. The van der Waals surface area contributed by atoms with E-state index in [9.17, 15) is 4.79 Å². The number of thiazole rings is 1. The molecule has 3 rings (SSSR count). The number of carbonyl (C=O) groups is 1. The van der Waals surface area contributed by atoms with Crippen molar-refractivity contribution in [3.8, 4) is 0 Å². The number of aromatic nitrogens is 3. The van der Waals surface area contributed by atoms with Gasteiger partial charge in [0.25, 0.3) is 5.91 Å². The molecule has 1 aromatic carbocycles. The fraction of sp³-hybridized carbons (Fsp3) is 0.231. The summed E-state index contributed by atoms with van der Waals surface area (Å²) in [4.78, 5) is 13.4. The van der Waals surface area contributed by atoms with Gasteiger partial charge in [-0.05, 0) is 30.1 Å². The number of nitrogens with one attached hydrogen (secondary N) is 1. The summed E-state index contributed by atoms with van der Waals surface area (Å²) in [6.45, 7) is 1.94. The lowest BCUT2D eigenvalue weighted by molar-refractivity contribution is 0.0956. The van der Waals surface area contributed by atoms with Gasteiger partial charge in [-0.2, -0.15) is 0 Å². The third kappa shape index (κ3) is 2.59. The number of aryl methyl sites for hydroxylation is 2. The van der Waals surface area contributed by atoms with Crippen molar-refractivity contribution in [2.75, 3.05) is 0 Å². The van der Waals surface area contributed by atoms with Gasteiger partial charge < -0.3 is 4.57 Å². The van der Waals surface area contributed by atoms with E-state index in [1.165, 1.54) is 11.3 Å². The molecule has 0 spiro atoms. The van der Waals surface area contributed by atoms with Gasteiger partial charge in [-0.1, -0.05) is 34.9 Å². The number of amides is 1. The molecular formula is C13H13N5OS2. The highest BCUT2D eigenvalue weighted by Gasteiger charge is 2.14. The second-order valence-corrected chi connectivity index (χ2v) is 6.13. The van der Waals surface area contributed by atoms with Crippen LogP contribution in [0.15, 0.2) is 29.4 Å². The molecule has 2 aromatic heterocycles. The number of para-hydroxylation sites is 1. The summed E-state index contributed by atoms with van der Waals surface area (Å²) in [6.07, 6.45) is 0.677. The van der Waals surface area contributed by atoms with E-state index < -0.39 is 0 Å². The van der Waals surface area contributed by atoms with Gasteiger partial charge in [-0.15, -0.1) is 10.2 Å². The van der Waals surface area contributed by atoms with Gasteiger partial charge in [0.15, 0.2) is 0 Å².